The zero-order chi connectivity index (χ0) is 18.2. The van der Waals surface area contributed by atoms with Crippen LogP contribution in [0.25, 0.3) is 5.57 Å². The number of likely N-dealkylation sites (N-methyl/N-ethyl adjacent to an activating group) is 1. The van der Waals surface area contributed by atoms with Crippen molar-refractivity contribution in [3.8, 4) is 5.75 Å². The predicted molar refractivity (Wildman–Crippen MR) is 108 cm³/mol. The number of anilines is 1. The third-order valence-corrected chi connectivity index (χ3v) is 4.84. The lowest BCUT2D eigenvalue weighted by Crippen LogP contribution is -2.44. The Kier molecular flexibility index (Phi) is 4.61. The largest absolute Gasteiger partial charge is 0.506 e. The topological polar surface area (TPSA) is 35.8 Å². The summed E-state index contributed by atoms with van der Waals surface area (Å²) in [6.45, 7) is 9.76. The maximum atomic E-state index is 9.91. The molecule has 0 amide bonds. The van der Waals surface area contributed by atoms with Gasteiger partial charge in [-0.05, 0) is 63.1 Å². The van der Waals surface area contributed by atoms with E-state index in [0.29, 0.717) is 10.7 Å². The van der Waals surface area contributed by atoms with E-state index in [1.54, 1.807) is 18.3 Å². The molecule has 1 heterocycles. The van der Waals surface area contributed by atoms with Crippen LogP contribution < -0.4 is 4.90 Å². The summed E-state index contributed by atoms with van der Waals surface area (Å²) in [5, 5.41) is 10.4. The van der Waals surface area contributed by atoms with Crippen LogP contribution in [0.5, 0.6) is 5.75 Å². The van der Waals surface area contributed by atoms with E-state index < -0.39 is 0 Å². The SMILES string of the molecule is CCN1c2ccc(C=Nc3ccc(Cl)cc3O)cc2C(C)=CC1(C)C. The molecule has 0 spiro atoms. The molecule has 1 N–H and O–H groups in total. The Balaban J connectivity index is 1.96. The van der Waals surface area contributed by atoms with Gasteiger partial charge < -0.3 is 10.0 Å². The Labute approximate surface area is 154 Å². The number of phenolic OH excluding ortho intramolecular Hbond substituents is 1. The summed E-state index contributed by atoms with van der Waals surface area (Å²) in [6, 6.07) is 11.3. The van der Waals surface area contributed by atoms with E-state index in [2.05, 4.69) is 61.9 Å². The standard InChI is InChI=1S/C21H23ClN2O/c1-5-24-19-9-6-15(10-17(19)14(2)12-21(24,3)4)13-23-18-8-7-16(22)11-20(18)25/h6-13,25H,5H2,1-4H3. The highest BCUT2D eigenvalue weighted by Crippen LogP contribution is 2.39. The minimum atomic E-state index is 0.0105. The Morgan fingerprint density at radius 3 is 2.64 bits per heavy atom. The molecule has 25 heavy (non-hydrogen) atoms. The van der Waals surface area contributed by atoms with Gasteiger partial charge in [-0.15, -0.1) is 0 Å². The van der Waals surface area contributed by atoms with Crippen molar-refractivity contribution in [2.75, 3.05) is 11.4 Å². The lowest BCUT2D eigenvalue weighted by molar-refractivity contribution is 0.477. The minimum Gasteiger partial charge on any atom is -0.506 e. The smallest absolute Gasteiger partial charge is 0.142 e. The van der Waals surface area contributed by atoms with Gasteiger partial charge in [-0.2, -0.15) is 0 Å². The first-order valence-electron chi connectivity index (χ1n) is 8.46. The van der Waals surface area contributed by atoms with Crippen molar-refractivity contribution in [1.82, 2.24) is 0 Å². The molecule has 0 aromatic heterocycles. The third kappa shape index (κ3) is 3.42. The van der Waals surface area contributed by atoms with Crippen molar-refractivity contribution < 1.29 is 5.11 Å². The average Bonchev–Trinajstić information content (AvgIpc) is 2.54. The maximum Gasteiger partial charge on any atom is 0.142 e. The maximum absolute atomic E-state index is 9.91. The highest BCUT2D eigenvalue weighted by molar-refractivity contribution is 6.30. The van der Waals surface area contributed by atoms with Gasteiger partial charge >= 0.3 is 0 Å². The second-order valence-electron chi connectivity index (χ2n) is 6.89. The van der Waals surface area contributed by atoms with Crippen LogP contribution in [0.2, 0.25) is 5.02 Å². The first kappa shape index (κ1) is 17.6. The fourth-order valence-corrected chi connectivity index (χ4v) is 3.68. The fraction of sp³-hybridized carbons (Fsp3) is 0.286. The van der Waals surface area contributed by atoms with Crippen LogP contribution in [0.1, 0.15) is 38.8 Å². The lowest BCUT2D eigenvalue weighted by atomic mass is 9.88. The highest BCUT2D eigenvalue weighted by atomic mass is 35.5. The van der Waals surface area contributed by atoms with E-state index in [0.717, 1.165) is 12.1 Å². The summed E-state index contributed by atoms with van der Waals surface area (Å²) in [7, 11) is 0. The molecule has 0 saturated heterocycles. The molecular weight excluding hydrogens is 332 g/mol. The number of benzene rings is 2. The first-order chi connectivity index (χ1) is 11.8. The van der Waals surface area contributed by atoms with E-state index >= 15 is 0 Å². The summed E-state index contributed by atoms with van der Waals surface area (Å²) in [5.74, 6) is 0.0803. The molecule has 0 radical (unpaired) electrons. The Bertz CT molecular complexity index is 868. The number of halogens is 1. The molecule has 3 nitrogen and oxygen atoms in total. The number of phenols is 1. The van der Waals surface area contributed by atoms with Gasteiger partial charge in [0.25, 0.3) is 0 Å². The van der Waals surface area contributed by atoms with Crippen LogP contribution in [-0.4, -0.2) is 23.4 Å². The number of rotatable bonds is 3. The summed E-state index contributed by atoms with van der Waals surface area (Å²) >= 11 is 5.86. The normalized spacial score (nSPS) is 16.0. The van der Waals surface area contributed by atoms with Gasteiger partial charge in [-0.3, -0.25) is 4.99 Å². The molecule has 1 aliphatic rings. The molecule has 0 fully saturated rings. The predicted octanol–water partition coefficient (Wildman–Crippen LogP) is 5.82. The van der Waals surface area contributed by atoms with Crippen LogP contribution in [-0.2, 0) is 0 Å². The minimum absolute atomic E-state index is 0.0105. The Morgan fingerprint density at radius 1 is 1.20 bits per heavy atom. The lowest BCUT2D eigenvalue weighted by Gasteiger charge is -2.42. The summed E-state index contributed by atoms with van der Waals surface area (Å²) < 4.78 is 0. The second-order valence-corrected chi connectivity index (χ2v) is 7.33. The van der Waals surface area contributed by atoms with Crippen LogP contribution in [0.15, 0.2) is 47.5 Å². The van der Waals surface area contributed by atoms with Gasteiger partial charge in [-0.25, -0.2) is 0 Å². The van der Waals surface area contributed by atoms with Crippen LogP contribution in [0.4, 0.5) is 11.4 Å². The Hall–Kier alpha value is -2.26. The number of aromatic hydroxyl groups is 1. The molecule has 130 valence electrons. The number of allylic oxidation sites excluding steroid dienone is 1. The average molecular weight is 355 g/mol. The summed E-state index contributed by atoms with van der Waals surface area (Å²) in [4.78, 5) is 6.80. The number of nitrogens with zero attached hydrogens (tertiary/aromatic N) is 2. The summed E-state index contributed by atoms with van der Waals surface area (Å²) in [5.41, 5.74) is 5.26. The van der Waals surface area contributed by atoms with Gasteiger partial charge in [0.15, 0.2) is 0 Å². The van der Waals surface area contributed by atoms with Crippen LogP contribution >= 0.6 is 11.6 Å². The highest BCUT2D eigenvalue weighted by Gasteiger charge is 2.29. The molecule has 0 unspecified atom stereocenters. The van der Waals surface area contributed by atoms with Crippen LogP contribution in [0.3, 0.4) is 0 Å². The fourth-order valence-electron chi connectivity index (χ4n) is 3.51. The van der Waals surface area contributed by atoms with Gasteiger partial charge in [0.05, 0.1) is 5.54 Å². The quantitative estimate of drug-likeness (QED) is 0.705. The van der Waals surface area contributed by atoms with E-state index in [1.165, 1.54) is 22.9 Å². The molecule has 0 aliphatic carbocycles. The van der Waals surface area contributed by atoms with Crippen molar-refractivity contribution in [3.05, 3.63) is 58.6 Å². The number of hydrogen-bond donors (Lipinski definition) is 1. The van der Waals surface area contributed by atoms with E-state index in [9.17, 15) is 5.11 Å². The molecule has 2 aromatic carbocycles. The third-order valence-electron chi connectivity index (χ3n) is 4.61. The Morgan fingerprint density at radius 2 is 1.96 bits per heavy atom. The second kappa shape index (κ2) is 6.57. The zero-order valence-electron chi connectivity index (χ0n) is 15.0. The van der Waals surface area contributed by atoms with E-state index in [1.807, 2.05) is 0 Å². The molecule has 0 saturated carbocycles. The van der Waals surface area contributed by atoms with Gasteiger partial charge in [0.1, 0.15) is 11.4 Å². The molecule has 1 aliphatic heterocycles. The number of hydrogen-bond acceptors (Lipinski definition) is 3. The molecule has 0 bridgehead atoms. The number of fused-ring (bicyclic) bond motifs is 1. The number of aliphatic imine (C=N–C) groups is 1. The van der Waals surface area contributed by atoms with Crippen molar-refractivity contribution >= 4 is 34.8 Å². The van der Waals surface area contributed by atoms with Crippen molar-refractivity contribution in [1.29, 1.82) is 0 Å². The van der Waals surface area contributed by atoms with Gasteiger partial charge in [0, 0.05) is 35.1 Å². The van der Waals surface area contributed by atoms with E-state index in [4.69, 9.17) is 11.6 Å². The van der Waals surface area contributed by atoms with Crippen molar-refractivity contribution in [3.63, 3.8) is 0 Å². The van der Waals surface area contributed by atoms with Gasteiger partial charge in [0.2, 0.25) is 0 Å². The zero-order valence-corrected chi connectivity index (χ0v) is 15.8. The molecular formula is C21H23ClN2O. The van der Waals surface area contributed by atoms with Crippen molar-refractivity contribution in [2.24, 2.45) is 4.99 Å². The van der Waals surface area contributed by atoms with Gasteiger partial charge in [-0.1, -0.05) is 23.7 Å². The summed E-state index contributed by atoms with van der Waals surface area (Å²) in [6.07, 6.45) is 4.08. The monoisotopic (exact) mass is 354 g/mol. The van der Waals surface area contributed by atoms with Crippen LogP contribution in [0, 0.1) is 0 Å². The van der Waals surface area contributed by atoms with Crippen molar-refractivity contribution in [2.45, 2.75) is 33.2 Å². The molecule has 2 aromatic rings. The molecule has 3 rings (SSSR count). The molecule has 0 atom stereocenters. The first-order valence-corrected chi connectivity index (χ1v) is 8.84. The molecule has 4 heteroatoms. The van der Waals surface area contributed by atoms with E-state index in [-0.39, 0.29) is 11.3 Å².